The first kappa shape index (κ1) is 28.2. The molecular formula is C25H19N7O6S. The van der Waals surface area contributed by atoms with Crippen molar-refractivity contribution >= 4 is 46.2 Å². The van der Waals surface area contributed by atoms with Crippen molar-refractivity contribution in [3.63, 3.8) is 0 Å². The summed E-state index contributed by atoms with van der Waals surface area (Å²) in [6.45, 7) is 0.803. The van der Waals surface area contributed by atoms with E-state index in [1.54, 1.807) is 60.0 Å². The van der Waals surface area contributed by atoms with E-state index in [4.69, 9.17) is 15.3 Å². The highest BCUT2D eigenvalue weighted by Gasteiger charge is 2.25. The van der Waals surface area contributed by atoms with Crippen LogP contribution < -0.4 is 4.90 Å². The molecule has 39 heavy (non-hydrogen) atoms. The van der Waals surface area contributed by atoms with Gasteiger partial charge in [-0.2, -0.15) is 15.6 Å². The molecule has 0 bridgehead atoms. The maximum Gasteiger partial charge on any atom is 0.338 e. The number of nitrogens with zero attached hydrogens (tertiary/aromatic N) is 7. The van der Waals surface area contributed by atoms with Crippen LogP contribution in [-0.2, 0) is 4.74 Å². The summed E-state index contributed by atoms with van der Waals surface area (Å²) in [5, 5.41) is 50.2. The van der Waals surface area contributed by atoms with Crippen LogP contribution in [-0.4, -0.2) is 35.5 Å². The van der Waals surface area contributed by atoms with Gasteiger partial charge in [0.1, 0.15) is 16.9 Å². The minimum atomic E-state index is -0.817. The van der Waals surface area contributed by atoms with E-state index >= 15 is 0 Å². The number of benzene rings is 3. The topological polar surface area (TPSA) is 188 Å². The van der Waals surface area contributed by atoms with Gasteiger partial charge in [0, 0.05) is 12.2 Å². The Bertz CT molecular complexity index is 1470. The summed E-state index contributed by atoms with van der Waals surface area (Å²) in [7, 11) is 0. The number of hydrogen-bond acceptors (Lipinski definition) is 12. The van der Waals surface area contributed by atoms with Gasteiger partial charge in [0.25, 0.3) is 5.69 Å². The molecule has 3 aromatic carbocycles. The molecule has 3 rings (SSSR count). The zero-order valence-electron chi connectivity index (χ0n) is 20.2. The van der Waals surface area contributed by atoms with Crippen LogP contribution in [0, 0.1) is 42.2 Å². The van der Waals surface area contributed by atoms with Crippen LogP contribution >= 0.6 is 11.8 Å². The highest BCUT2D eigenvalue weighted by molar-refractivity contribution is 8.03. The number of esters is 1. The van der Waals surface area contributed by atoms with Gasteiger partial charge in [-0.25, -0.2) is 4.79 Å². The van der Waals surface area contributed by atoms with Gasteiger partial charge in [-0.15, -0.1) is 5.11 Å². The molecule has 0 saturated carbocycles. The van der Waals surface area contributed by atoms with Crippen molar-refractivity contribution in [3.8, 4) is 11.5 Å². The van der Waals surface area contributed by atoms with Crippen molar-refractivity contribution in [3.05, 3.63) is 92.5 Å². The number of rotatable bonds is 12. The average molecular weight is 546 g/mol. The van der Waals surface area contributed by atoms with E-state index in [9.17, 15) is 25.0 Å². The predicted octanol–water partition coefficient (Wildman–Crippen LogP) is 6.07. The fourth-order valence-electron chi connectivity index (χ4n) is 3.35. The Morgan fingerprint density at radius 3 is 2.26 bits per heavy atom. The standard InChI is InChI=1S/C25H19N7O6S/c26-11-4-12-30(13-14-38-25(33)18-5-2-1-3-6-18)20-9-7-19(8-10-20)28-29-21-15-24(39-17-27)23(32(36)37)16-22(21)31(34)35/h1-3,5-10,15-16H,4,12-14H2/b29-28+. The molecule has 3 aromatic rings. The summed E-state index contributed by atoms with van der Waals surface area (Å²) >= 11 is 0.485. The highest BCUT2D eigenvalue weighted by atomic mass is 32.2. The van der Waals surface area contributed by atoms with Gasteiger partial charge in [-0.05, 0) is 54.2 Å². The number of ether oxygens (including phenoxy) is 1. The molecule has 0 atom stereocenters. The van der Waals surface area contributed by atoms with Gasteiger partial charge in [0.05, 0.1) is 46.2 Å². The molecule has 0 fully saturated rings. The molecule has 0 amide bonds. The molecule has 0 radical (unpaired) electrons. The molecule has 0 aromatic heterocycles. The third kappa shape index (κ3) is 7.82. The summed E-state index contributed by atoms with van der Waals surface area (Å²) < 4.78 is 5.34. The maximum absolute atomic E-state index is 12.2. The van der Waals surface area contributed by atoms with Crippen molar-refractivity contribution in [2.24, 2.45) is 10.2 Å². The Morgan fingerprint density at radius 2 is 1.64 bits per heavy atom. The lowest BCUT2D eigenvalue weighted by Gasteiger charge is -2.23. The first-order valence-electron chi connectivity index (χ1n) is 11.2. The smallest absolute Gasteiger partial charge is 0.338 e. The van der Waals surface area contributed by atoms with Crippen LogP contribution in [0.4, 0.5) is 28.4 Å². The maximum atomic E-state index is 12.2. The van der Waals surface area contributed by atoms with E-state index in [-0.39, 0.29) is 23.6 Å². The second-order valence-corrected chi connectivity index (χ2v) is 8.46. The van der Waals surface area contributed by atoms with E-state index in [1.165, 1.54) is 0 Å². The largest absolute Gasteiger partial charge is 0.460 e. The van der Waals surface area contributed by atoms with Crippen molar-refractivity contribution in [1.82, 2.24) is 0 Å². The summed E-state index contributed by atoms with van der Waals surface area (Å²) in [4.78, 5) is 35.0. The molecule has 13 nitrogen and oxygen atoms in total. The van der Waals surface area contributed by atoms with Crippen LogP contribution in [0.5, 0.6) is 0 Å². The third-order valence-corrected chi connectivity index (χ3v) is 5.83. The number of nitro groups is 2. The number of hydrogen-bond donors (Lipinski definition) is 0. The Labute approximate surface area is 226 Å². The van der Waals surface area contributed by atoms with Crippen LogP contribution in [0.25, 0.3) is 0 Å². The van der Waals surface area contributed by atoms with E-state index in [2.05, 4.69) is 16.3 Å². The van der Waals surface area contributed by atoms with Crippen molar-refractivity contribution in [2.45, 2.75) is 11.3 Å². The first-order valence-corrected chi connectivity index (χ1v) is 12.0. The minimum absolute atomic E-state index is 0.0907. The molecule has 196 valence electrons. The number of azo groups is 1. The lowest BCUT2D eigenvalue weighted by molar-refractivity contribution is -0.395. The number of carbonyl (C=O) groups is 1. The number of carbonyl (C=O) groups excluding carboxylic acids is 1. The number of anilines is 1. The molecule has 0 aliphatic rings. The van der Waals surface area contributed by atoms with Crippen molar-refractivity contribution in [1.29, 1.82) is 10.5 Å². The fourth-order valence-corrected chi connectivity index (χ4v) is 3.86. The summed E-state index contributed by atoms with van der Waals surface area (Å²) in [5.41, 5.74) is 0.0249. The monoisotopic (exact) mass is 545 g/mol. The second kappa shape index (κ2) is 13.8. The summed E-state index contributed by atoms with van der Waals surface area (Å²) in [5.74, 6) is -0.455. The molecule has 0 saturated heterocycles. The van der Waals surface area contributed by atoms with Gasteiger partial charge in [0.2, 0.25) is 0 Å². The highest BCUT2D eigenvalue weighted by Crippen LogP contribution is 2.39. The Morgan fingerprint density at radius 1 is 0.949 bits per heavy atom. The van der Waals surface area contributed by atoms with Gasteiger partial charge >= 0.3 is 11.7 Å². The summed E-state index contributed by atoms with van der Waals surface area (Å²) in [6.07, 6.45) is 0.237. The second-order valence-electron chi connectivity index (χ2n) is 7.63. The van der Waals surface area contributed by atoms with Gasteiger partial charge in [-0.3, -0.25) is 20.2 Å². The van der Waals surface area contributed by atoms with Gasteiger partial charge in [0.15, 0.2) is 5.69 Å². The molecule has 0 aliphatic heterocycles. The Balaban J connectivity index is 1.75. The van der Waals surface area contributed by atoms with Crippen LogP contribution in [0.15, 0.2) is 81.9 Å². The fraction of sp³-hybridized carbons (Fsp3) is 0.160. The van der Waals surface area contributed by atoms with Crippen molar-refractivity contribution in [2.75, 3.05) is 24.6 Å². The van der Waals surface area contributed by atoms with Crippen LogP contribution in [0.3, 0.4) is 0 Å². The van der Waals surface area contributed by atoms with E-state index in [0.717, 1.165) is 12.1 Å². The van der Waals surface area contributed by atoms with Gasteiger partial charge in [-0.1, -0.05) is 18.2 Å². The van der Waals surface area contributed by atoms with Crippen molar-refractivity contribution < 1.29 is 19.4 Å². The number of nitro benzene ring substituents is 2. The molecule has 0 aliphatic carbocycles. The number of nitriles is 2. The van der Waals surface area contributed by atoms with Gasteiger partial charge < -0.3 is 9.64 Å². The average Bonchev–Trinajstić information content (AvgIpc) is 2.94. The number of thioether (sulfide) groups is 1. The van der Waals surface area contributed by atoms with E-state index < -0.39 is 27.2 Å². The molecule has 14 heteroatoms. The minimum Gasteiger partial charge on any atom is -0.460 e. The molecule has 0 spiro atoms. The van der Waals surface area contributed by atoms with E-state index in [0.29, 0.717) is 41.8 Å². The SMILES string of the molecule is N#CCCN(CCOC(=O)c1ccccc1)c1ccc(/N=N/c2cc(SC#N)c([N+](=O)[O-])cc2[N+](=O)[O-])cc1. The van der Waals surface area contributed by atoms with Crippen LogP contribution in [0.1, 0.15) is 16.8 Å². The summed E-state index contributed by atoms with van der Waals surface area (Å²) in [6, 6.07) is 19.0. The molecule has 0 N–H and O–H groups in total. The predicted molar refractivity (Wildman–Crippen MR) is 141 cm³/mol. The molecule has 0 heterocycles. The molecular weight excluding hydrogens is 526 g/mol. The quantitative estimate of drug-likeness (QED) is 0.0645. The zero-order valence-corrected chi connectivity index (χ0v) is 21.0. The third-order valence-electron chi connectivity index (χ3n) is 5.19. The van der Waals surface area contributed by atoms with Crippen LogP contribution in [0.2, 0.25) is 0 Å². The zero-order chi connectivity index (χ0) is 28.2. The number of thiocyanates is 1. The Hall–Kier alpha value is -5.34. The normalized spacial score (nSPS) is 10.4. The van der Waals surface area contributed by atoms with E-state index in [1.807, 2.05) is 4.90 Å². The first-order chi connectivity index (χ1) is 18.8. The lowest BCUT2D eigenvalue weighted by atomic mass is 10.2. The lowest BCUT2D eigenvalue weighted by Crippen LogP contribution is -2.29. The Kier molecular flexibility index (Phi) is 10.0. The molecule has 0 unspecified atom stereocenters.